The largest absolute Gasteiger partial charge is 0.359 e. The first kappa shape index (κ1) is 17.3. The summed E-state index contributed by atoms with van der Waals surface area (Å²) >= 11 is 0. The number of hydrogen-bond acceptors (Lipinski definition) is 5. The third kappa shape index (κ3) is 4.50. The standard InChI is InChI=1S/C17H18N4O3S/c1-21(25(22,23)19-11-14-6-3-2-4-7-14)13-16-10-17(20-24-16)15-8-5-9-18-12-15/h2-10,12,19H,11,13H2,1H3. The highest BCUT2D eigenvalue weighted by Gasteiger charge is 2.19. The Labute approximate surface area is 146 Å². The van der Waals surface area contributed by atoms with Gasteiger partial charge in [0, 0.05) is 37.6 Å². The monoisotopic (exact) mass is 358 g/mol. The van der Waals surface area contributed by atoms with Crippen molar-refractivity contribution in [3.05, 3.63) is 72.2 Å². The minimum Gasteiger partial charge on any atom is -0.359 e. The summed E-state index contributed by atoms with van der Waals surface area (Å²) < 4.78 is 33.6. The van der Waals surface area contributed by atoms with Gasteiger partial charge in [-0.3, -0.25) is 4.98 Å². The van der Waals surface area contributed by atoms with E-state index >= 15 is 0 Å². The second-order valence-corrected chi connectivity index (χ2v) is 7.35. The van der Waals surface area contributed by atoms with Crippen molar-refractivity contribution in [1.82, 2.24) is 19.2 Å². The fourth-order valence-electron chi connectivity index (χ4n) is 2.22. The lowest BCUT2D eigenvalue weighted by atomic mass is 10.2. The van der Waals surface area contributed by atoms with Gasteiger partial charge in [-0.05, 0) is 17.7 Å². The van der Waals surface area contributed by atoms with Crippen LogP contribution in [0.15, 0.2) is 65.4 Å². The van der Waals surface area contributed by atoms with Crippen LogP contribution in [0.1, 0.15) is 11.3 Å². The Balaban J connectivity index is 1.63. The van der Waals surface area contributed by atoms with E-state index in [1.165, 1.54) is 11.4 Å². The van der Waals surface area contributed by atoms with Crippen LogP contribution in [0.5, 0.6) is 0 Å². The van der Waals surface area contributed by atoms with E-state index in [2.05, 4.69) is 14.9 Å². The van der Waals surface area contributed by atoms with E-state index in [0.29, 0.717) is 11.5 Å². The molecule has 0 atom stereocenters. The summed E-state index contributed by atoms with van der Waals surface area (Å²) in [5, 5.41) is 3.96. The van der Waals surface area contributed by atoms with Crippen LogP contribution in [0, 0.1) is 0 Å². The van der Waals surface area contributed by atoms with E-state index in [1.54, 1.807) is 24.5 Å². The molecule has 25 heavy (non-hydrogen) atoms. The summed E-state index contributed by atoms with van der Waals surface area (Å²) in [5.74, 6) is 0.450. The van der Waals surface area contributed by atoms with Gasteiger partial charge in [0.05, 0.1) is 6.54 Å². The van der Waals surface area contributed by atoms with E-state index in [4.69, 9.17) is 4.52 Å². The molecule has 0 fully saturated rings. The first-order chi connectivity index (χ1) is 12.0. The van der Waals surface area contributed by atoms with Crippen molar-refractivity contribution in [2.45, 2.75) is 13.1 Å². The summed E-state index contributed by atoms with van der Waals surface area (Å²) in [7, 11) is -2.14. The van der Waals surface area contributed by atoms with Gasteiger partial charge >= 0.3 is 0 Å². The smallest absolute Gasteiger partial charge is 0.279 e. The van der Waals surface area contributed by atoms with Crippen molar-refractivity contribution in [3.8, 4) is 11.3 Å². The Morgan fingerprint density at radius 1 is 1.16 bits per heavy atom. The van der Waals surface area contributed by atoms with E-state index in [1.807, 2.05) is 36.4 Å². The maximum atomic E-state index is 12.3. The Morgan fingerprint density at radius 3 is 2.68 bits per heavy atom. The first-order valence-corrected chi connectivity index (χ1v) is 9.09. The van der Waals surface area contributed by atoms with Crippen LogP contribution < -0.4 is 4.72 Å². The zero-order valence-corrected chi connectivity index (χ0v) is 14.5. The van der Waals surface area contributed by atoms with Crippen LogP contribution in [0.25, 0.3) is 11.3 Å². The Kier molecular flexibility index (Phi) is 5.22. The summed E-state index contributed by atoms with van der Waals surface area (Å²) in [4.78, 5) is 4.03. The molecule has 0 aliphatic rings. The maximum Gasteiger partial charge on any atom is 0.279 e. The molecular formula is C17H18N4O3S. The molecule has 1 aromatic carbocycles. The molecule has 0 aliphatic carbocycles. The summed E-state index contributed by atoms with van der Waals surface area (Å²) in [5.41, 5.74) is 2.31. The van der Waals surface area contributed by atoms with Gasteiger partial charge in [0.25, 0.3) is 10.2 Å². The lowest BCUT2D eigenvalue weighted by Gasteiger charge is -2.16. The second kappa shape index (κ2) is 7.56. The fraction of sp³-hybridized carbons (Fsp3) is 0.176. The van der Waals surface area contributed by atoms with E-state index in [0.717, 1.165) is 11.1 Å². The van der Waals surface area contributed by atoms with Crippen LogP contribution in [-0.4, -0.2) is 29.9 Å². The number of benzene rings is 1. The minimum absolute atomic E-state index is 0.0807. The topological polar surface area (TPSA) is 88.3 Å². The predicted molar refractivity (Wildman–Crippen MR) is 93.4 cm³/mol. The average Bonchev–Trinajstić information content (AvgIpc) is 3.10. The molecule has 8 heteroatoms. The van der Waals surface area contributed by atoms with Gasteiger partial charge < -0.3 is 4.52 Å². The van der Waals surface area contributed by atoms with E-state index in [9.17, 15) is 8.42 Å². The number of aromatic nitrogens is 2. The number of rotatable bonds is 7. The van der Waals surface area contributed by atoms with Crippen molar-refractivity contribution < 1.29 is 12.9 Å². The van der Waals surface area contributed by atoms with Crippen LogP contribution in [-0.2, 0) is 23.3 Å². The Bertz CT molecular complexity index is 911. The molecule has 1 N–H and O–H groups in total. The quantitative estimate of drug-likeness (QED) is 0.699. The summed E-state index contributed by atoms with van der Waals surface area (Å²) in [6.45, 7) is 0.308. The highest BCUT2D eigenvalue weighted by Crippen LogP contribution is 2.18. The first-order valence-electron chi connectivity index (χ1n) is 7.65. The van der Waals surface area contributed by atoms with Crippen LogP contribution in [0.2, 0.25) is 0 Å². The van der Waals surface area contributed by atoms with Gasteiger partial charge in [-0.15, -0.1) is 0 Å². The van der Waals surface area contributed by atoms with Gasteiger partial charge in [-0.25, -0.2) is 0 Å². The Morgan fingerprint density at radius 2 is 1.96 bits per heavy atom. The molecule has 2 aromatic heterocycles. The molecule has 7 nitrogen and oxygen atoms in total. The lowest BCUT2D eigenvalue weighted by molar-refractivity contribution is 0.342. The van der Waals surface area contributed by atoms with Crippen LogP contribution >= 0.6 is 0 Å². The number of nitrogens with zero attached hydrogens (tertiary/aromatic N) is 3. The van der Waals surface area contributed by atoms with Gasteiger partial charge in [0.15, 0.2) is 5.76 Å². The molecule has 3 aromatic rings. The third-order valence-corrected chi connectivity index (χ3v) is 5.07. The van der Waals surface area contributed by atoms with E-state index < -0.39 is 10.2 Å². The zero-order chi connectivity index (χ0) is 17.7. The molecule has 130 valence electrons. The van der Waals surface area contributed by atoms with Gasteiger partial charge in [0.2, 0.25) is 0 Å². The van der Waals surface area contributed by atoms with E-state index in [-0.39, 0.29) is 13.1 Å². The minimum atomic E-state index is -3.63. The SMILES string of the molecule is CN(Cc1cc(-c2cccnc2)no1)S(=O)(=O)NCc1ccccc1. The molecule has 0 unspecified atom stereocenters. The average molecular weight is 358 g/mol. The fourth-order valence-corrected chi connectivity index (χ4v) is 3.09. The Hall–Kier alpha value is -2.55. The van der Waals surface area contributed by atoms with Crippen molar-refractivity contribution in [1.29, 1.82) is 0 Å². The lowest BCUT2D eigenvalue weighted by Crippen LogP contribution is -2.37. The molecule has 0 amide bonds. The molecule has 0 aliphatic heterocycles. The van der Waals surface area contributed by atoms with Crippen molar-refractivity contribution in [2.75, 3.05) is 7.05 Å². The summed E-state index contributed by atoms with van der Waals surface area (Å²) in [6, 6.07) is 14.7. The molecule has 0 saturated carbocycles. The van der Waals surface area contributed by atoms with Gasteiger partial charge in [-0.2, -0.15) is 17.4 Å². The van der Waals surface area contributed by atoms with Crippen LogP contribution in [0.4, 0.5) is 0 Å². The molecule has 0 saturated heterocycles. The molecule has 0 radical (unpaired) electrons. The van der Waals surface area contributed by atoms with Crippen molar-refractivity contribution in [2.24, 2.45) is 0 Å². The van der Waals surface area contributed by atoms with Gasteiger partial charge in [0.1, 0.15) is 5.69 Å². The molecular weight excluding hydrogens is 340 g/mol. The molecule has 0 spiro atoms. The second-order valence-electron chi connectivity index (χ2n) is 5.49. The number of pyridine rings is 1. The summed E-state index contributed by atoms with van der Waals surface area (Å²) in [6.07, 6.45) is 3.34. The van der Waals surface area contributed by atoms with Gasteiger partial charge in [-0.1, -0.05) is 35.5 Å². The highest BCUT2D eigenvalue weighted by molar-refractivity contribution is 7.87. The zero-order valence-electron chi connectivity index (χ0n) is 13.7. The maximum absolute atomic E-state index is 12.3. The normalized spacial score (nSPS) is 11.8. The van der Waals surface area contributed by atoms with Crippen molar-refractivity contribution in [3.63, 3.8) is 0 Å². The molecule has 3 rings (SSSR count). The van der Waals surface area contributed by atoms with Crippen LogP contribution in [0.3, 0.4) is 0 Å². The number of nitrogens with one attached hydrogen (secondary N) is 1. The third-order valence-electron chi connectivity index (χ3n) is 3.61. The highest BCUT2D eigenvalue weighted by atomic mass is 32.2. The molecule has 0 bridgehead atoms. The van der Waals surface area contributed by atoms with Crippen molar-refractivity contribution >= 4 is 10.2 Å². The molecule has 2 heterocycles. The number of hydrogen-bond donors (Lipinski definition) is 1. The predicted octanol–water partition coefficient (Wildman–Crippen LogP) is 2.20.